The van der Waals surface area contributed by atoms with Crippen LogP contribution < -0.4 is 15.1 Å². The zero-order chi connectivity index (χ0) is 30.7. The van der Waals surface area contributed by atoms with Crippen molar-refractivity contribution in [3.8, 4) is 40.1 Å². The van der Waals surface area contributed by atoms with Crippen LogP contribution in [0.25, 0.3) is 33.1 Å². The molecule has 0 radical (unpaired) electrons. The Kier molecular flexibility index (Phi) is 8.18. The number of hydrogen-bond acceptors (Lipinski definition) is 8. The Hall–Kier alpha value is -5.54. The molecule has 0 aliphatic rings. The average molecular weight is 594 g/mol. The van der Waals surface area contributed by atoms with Crippen LogP contribution in [0.3, 0.4) is 0 Å². The van der Waals surface area contributed by atoms with Crippen LogP contribution in [-0.4, -0.2) is 32.6 Å². The van der Waals surface area contributed by atoms with E-state index in [1.807, 2.05) is 54.4 Å². The Balaban J connectivity index is 0.000000171. The topological polar surface area (TPSA) is 124 Å². The number of ether oxygens (including phenoxy) is 1. The second kappa shape index (κ2) is 12.1. The summed E-state index contributed by atoms with van der Waals surface area (Å²) >= 11 is 5.41. The number of aryl methyl sites for hydroxylation is 1. The normalized spacial score (nSPS) is 10.7. The SMILES string of the molecule is Cc1cccc(N(C)C(=S)Oc2ccc3ccccc3c2)c1.O=c1c(O)c(-c2ccc(O)c(O)c2)oc2cc(O)ccc12. The summed E-state index contributed by atoms with van der Waals surface area (Å²) < 4.78 is 11.3. The molecule has 4 N–H and O–H groups in total. The van der Waals surface area contributed by atoms with Crippen molar-refractivity contribution >= 4 is 44.8 Å². The lowest BCUT2D eigenvalue weighted by Crippen LogP contribution is -2.29. The molecule has 0 aliphatic carbocycles. The van der Waals surface area contributed by atoms with E-state index in [-0.39, 0.29) is 33.8 Å². The number of fused-ring (bicyclic) bond motifs is 2. The smallest absolute Gasteiger partial charge is 0.269 e. The number of rotatable bonds is 3. The van der Waals surface area contributed by atoms with Gasteiger partial charge in [-0.05, 0) is 90.1 Å². The van der Waals surface area contributed by atoms with Crippen molar-refractivity contribution in [1.82, 2.24) is 0 Å². The summed E-state index contributed by atoms with van der Waals surface area (Å²) in [6.07, 6.45) is 0. The maximum atomic E-state index is 12.1. The monoisotopic (exact) mass is 593 g/mol. The molecule has 0 amide bonds. The summed E-state index contributed by atoms with van der Waals surface area (Å²) in [7, 11) is 1.91. The molecule has 1 aromatic heterocycles. The van der Waals surface area contributed by atoms with Gasteiger partial charge in [0.15, 0.2) is 17.3 Å². The third-order valence-corrected chi connectivity index (χ3v) is 7.04. The molecule has 1 heterocycles. The molecule has 6 rings (SSSR count). The molecule has 0 atom stereocenters. The largest absolute Gasteiger partial charge is 0.508 e. The Bertz CT molecular complexity index is 2040. The second-order valence-corrected chi connectivity index (χ2v) is 10.1. The molecule has 0 saturated carbocycles. The highest BCUT2D eigenvalue weighted by atomic mass is 32.1. The van der Waals surface area contributed by atoms with E-state index < -0.39 is 16.9 Å². The lowest BCUT2D eigenvalue weighted by Gasteiger charge is -2.20. The number of phenolic OH excluding ortho intramolecular Hbond substituents is 3. The Morgan fingerprint density at radius 3 is 2.30 bits per heavy atom. The fourth-order valence-electron chi connectivity index (χ4n) is 4.37. The number of benzene rings is 5. The molecule has 0 saturated heterocycles. The van der Waals surface area contributed by atoms with Crippen LogP contribution in [-0.2, 0) is 0 Å². The van der Waals surface area contributed by atoms with E-state index >= 15 is 0 Å². The first-order valence-corrected chi connectivity index (χ1v) is 13.5. The summed E-state index contributed by atoms with van der Waals surface area (Å²) in [6.45, 7) is 2.06. The standard InChI is InChI=1S/C19H17NOS.C15H10O6/c1-14-6-5-9-17(12-14)20(2)19(22)21-18-11-10-15-7-3-4-8-16(15)13-18;16-8-2-3-9-12(6-8)21-15(14(20)13(9)19)7-1-4-10(17)11(18)5-7/h3-13H,1-2H3;1-6,16-18,20H. The van der Waals surface area contributed by atoms with Gasteiger partial charge in [0.25, 0.3) is 5.17 Å². The van der Waals surface area contributed by atoms with Crippen molar-refractivity contribution in [2.45, 2.75) is 6.92 Å². The zero-order valence-corrected chi connectivity index (χ0v) is 24.0. The Morgan fingerprint density at radius 2 is 1.56 bits per heavy atom. The van der Waals surface area contributed by atoms with Crippen molar-refractivity contribution < 1.29 is 29.6 Å². The molecule has 8 nitrogen and oxygen atoms in total. The first-order valence-electron chi connectivity index (χ1n) is 13.1. The van der Waals surface area contributed by atoms with E-state index in [1.54, 1.807) is 0 Å². The van der Waals surface area contributed by atoms with Gasteiger partial charge in [-0.1, -0.05) is 42.5 Å². The molecule has 43 heavy (non-hydrogen) atoms. The summed E-state index contributed by atoms with van der Waals surface area (Å²) in [5.74, 6) is -0.852. The molecule has 0 unspecified atom stereocenters. The van der Waals surface area contributed by atoms with Crippen LogP contribution in [0.1, 0.15) is 5.56 Å². The number of thiocarbonyl (C=S) groups is 1. The van der Waals surface area contributed by atoms with Gasteiger partial charge in [0, 0.05) is 24.4 Å². The van der Waals surface area contributed by atoms with Gasteiger partial charge in [-0.25, -0.2) is 0 Å². The summed E-state index contributed by atoms with van der Waals surface area (Å²) in [6, 6.07) is 30.0. The molecule has 5 aromatic carbocycles. The van der Waals surface area contributed by atoms with E-state index in [1.165, 1.54) is 41.3 Å². The fraction of sp³-hybridized carbons (Fsp3) is 0.0588. The highest BCUT2D eigenvalue weighted by Crippen LogP contribution is 2.35. The third-order valence-electron chi connectivity index (χ3n) is 6.68. The summed E-state index contributed by atoms with van der Waals surface area (Å²) in [4.78, 5) is 14.0. The molecule has 216 valence electrons. The van der Waals surface area contributed by atoms with Gasteiger partial charge in [-0.3, -0.25) is 4.79 Å². The first kappa shape index (κ1) is 29.0. The van der Waals surface area contributed by atoms with Crippen molar-refractivity contribution in [3.05, 3.63) is 119 Å². The van der Waals surface area contributed by atoms with Crippen molar-refractivity contribution in [2.24, 2.45) is 0 Å². The Labute approximate surface area is 251 Å². The Morgan fingerprint density at radius 1 is 0.791 bits per heavy atom. The number of phenols is 3. The first-order chi connectivity index (χ1) is 20.6. The highest BCUT2D eigenvalue weighted by Gasteiger charge is 2.17. The van der Waals surface area contributed by atoms with Crippen LogP contribution in [0, 0.1) is 6.92 Å². The van der Waals surface area contributed by atoms with Crippen LogP contribution in [0.15, 0.2) is 112 Å². The molecule has 9 heteroatoms. The maximum Gasteiger partial charge on any atom is 0.269 e. The number of anilines is 1. The third kappa shape index (κ3) is 6.37. The van der Waals surface area contributed by atoms with E-state index in [2.05, 4.69) is 31.2 Å². The molecule has 0 aliphatic heterocycles. The van der Waals surface area contributed by atoms with Crippen LogP contribution in [0.2, 0.25) is 0 Å². The van der Waals surface area contributed by atoms with E-state index in [0.717, 1.165) is 22.9 Å². The number of hydrogen-bond donors (Lipinski definition) is 4. The van der Waals surface area contributed by atoms with Crippen molar-refractivity contribution in [2.75, 3.05) is 11.9 Å². The van der Waals surface area contributed by atoms with Gasteiger partial charge in [0.1, 0.15) is 17.1 Å². The molecule has 6 aromatic rings. The van der Waals surface area contributed by atoms with E-state index in [9.17, 15) is 25.2 Å². The van der Waals surface area contributed by atoms with Crippen molar-refractivity contribution in [1.29, 1.82) is 0 Å². The van der Waals surface area contributed by atoms with E-state index in [4.69, 9.17) is 21.4 Å². The molecular weight excluding hydrogens is 566 g/mol. The van der Waals surface area contributed by atoms with Gasteiger partial charge in [-0.2, -0.15) is 0 Å². The van der Waals surface area contributed by atoms with Gasteiger partial charge in [0.2, 0.25) is 11.2 Å². The van der Waals surface area contributed by atoms with Gasteiger partial charge in [-0.15, -0.1) is 0 Å². The van der Waals surface area contributed by atoms with Gasteiger partial charge < -0.3 is 34.5 Å². The van der Waals surface area contributed by atoms with E-state index in [0.29, 0.717) is 5.17 Å². The lowest BCUT2D eigenvalue weighted by molar-refractivity contribution is 0.403. The van der Waals surface area contributed by atoms with Crippen LogP contribution in [0.5, 0.6) is 28.7 Å². The molecular formula is C34H27NO7S. The maximum absolute atomic E-state index is 12.1. The van der Waals surface area contributed by atoms with Crippen molar-refractivity contribution in [3.63, 3.8) is 0 Å². The number of aromatic hydroxyl groups is 4. The molecule has 0 fully saturated rings. The highest BCUT2D eigenvalue weighted by molar-refractivity contribution is 7.80. The molecule has 0 spiro atoms. The fourth-order valence-corrected chi connectivity index (χ4v) is 4.58. The minimum atomic E-state index is -0.654. The lowest BCUT2D eigenvalue weighted by atomic mass is 10.1. The average Bonchev–Trinajstić information content (AvgIpc) is 3.00. The summed E-state index contributed by atoms with van der Waals surface area (Å²) in [5.41, 5.74) is 1.87. The zero-order valence-electron chi connectivity index (χ0n) is 23.2. The van der Waals surface area contributed by atoms with Gasteiger partial charge in [0.05, 0.1) is 5.39 Å². The predicted molar refractivity (Wildman–Crippen MR) is 171 cm³/mol. The number of nitrogens with zero attached hydrogens (tertiary/aromatic N) is 1. The van der Waals surface area contributed by atoms with Gasteiger partial charge >= 0.3 is 0 Å². The summed E-state index contributed by atoms with van der Waals surface area (Å²) in [5, 5.41) is 41.1. The predicted octanol–water partition coefficient (Wildman–Crippen LogP) is 7.23. The minimum absolute atomic E-state index is 0.0872. The second-order valence-electron chi connectivity index (χ2n) is 9.77. The molecule has 0 bridgehead atoms. The van der Waals surface area contributed by atoms with Crippen LogP contribution >= 0.6 is 12.2 Å². The minimum Gasteiger partial charge on any atom is -0.508 e. The quantitative estimate of drug-likeness (QED) is 0.124. The van der Waals surface area contributed by atoms with Crippen LogP contribution in [0.4, 0.5) is 5.69 Å².